The van der Waals surface area contributed by atoms with E-state index in [0.29, 0.717) is 17.3 Å². The number of rotatable bonds is 7. The van der Waals surface area contributed by atoms with E-state index in [2.05, 4.69) is 35.3 Å². The molecule has 2 N–H and O–H groups in total. The van der Waals surface area contributed by atoms with Gasteiger partial charge in [0.25, 0.3) is 0 Å². The molecule has 4 rings (SSSR count). The standard InChI is InChI=1S/C23H32ClN7O/c24-20-18-19(6-7-21(20)30-12-2-1-3-13-30)28-23(32)27-10-5-11-29-14-16-31(17-15-29)22-25-8-4-9-26-22/h4,6-9,18H,1-3,5,10-17H2,(H2,27,28,32). The van der Waals surface area contributed by atoms with Crippen LogP contribution in [0, 0.1) is 0 Å². The number of amides is 2. The summed E-state index contributed by atoms with van der Waals surface area (Å²) >= 11 is 6.48. The number of anilines is 3. The lowest BCUT2D eigenvalue weighted by atomic mass is 10.1. The van der Waals surface area contributed by atoms with Crippen LogP contribution in [0.2, 0.25) is 5.02 Å². The lowest BCUT2D eigenvalue weighted by molar-refractivity contribution is 0.244. The van der Waals surface area contributed by atoms with E-state index in [1.807, 2.05) is 24.3 Å². The molecule has 9 heteroatoms. The molecule has 0 aliphatic carbocycles. The highest BCUT2D eigenvalue weighted by Crippen LogP contribution is 2.30. The Morgan fingerprint density at radius 2 is 1.72 bits per heavy atom. The highest BCUT2D eigenvalue weighted by Gasteiger charge is 2.18. The fraction of sp³-hybridized carbons (Fsp3) is 0.522. The molecule has 2 aromatic rings. The van der Waals surface area contributed by atoms with E-state index in [-0.39, 0.29) is 6.03 Å². The molecular weight excluding hydrogens is 426 g/mol. The van der Waals surface area contributed by atoms with Crippen LogP contribution in [0.5, 0.6) is 0 Å². The minimum Gasteiger partial charge on any atom is -0.370 e. The van der Waals surface area contributed by atoms with E-state index in [9.17, 15) is 4.79 Å². The van der Waals surface area contributed by atoms with Crippen molar-refractivity contribution in [1.29, 1.82) is 0 Å². The zero-order chi connectivity index (χ0) is 22.2. The van der Waals surface area contributed by atoms with E-state index in [1.54, 1.807) is 12.4 Å². The highest BCUT2D eigenvalue weighted by atomic mass is 35.5. The fourth-order valence-corrected chi connectivity index (χ4v) is 4.58. The number of hydrogen-bond donors (Lipinski definition) is 2. The van der Waals surface area contributed by atoms with E-state index < -0.39 is 0 Å². The molecule has 2 saturated heterocycles. The van der Waals surface area contributed by atoms with Crippen LogP contribution in [-0.4, -0.2) is 73.3 Å². The third kappa shape index (κ3) is 6.23. The Balaban J connectivity index is 1.13. The van der Waals surface area contributed by atoms with E-state index in [4.69, 9.17) is 11.6 Å². The number of carbonyl (C=O) groups is 1. The predicted molar refractivity (Wildman–Crippen MR) is 130 cm³/mol. The molecule has 1 aromatic carbocycles. The van der Waals surface area contributed by atoms with Gasteiger partial charge in [0, 0.05) is 63.9 Å². The van der Waals surface area contributed by atoms with Crippen LogP contribution in [-0.2, 0) is 0 Å². The molecule has 0 spiro atoms. The minimum atomic E-state index is -0.196. The first-order valence-corrected chi connectivity index (χ1v) is 11.9. The number of nitrogens with zero attached hydrogens (tertiary/aromatic N) is 5. The minimum absolute atomic E-state index is 0.196. The molecule has 172 valence electrons. The molecule has 0 radical (unpaired) electrons. The van der Waals surface area contributed by atoms with Crippen molar-refractivity contribution in [2.45, 2.75) is 25.7 Å². The quantitative estimate of drug-likeness (QED) is 0.620. The van der Waals surface area contributed by atoms with Gasteiger partial charge in [-0.15, -0.1) is 0 Å². The average Bonchev–Trinajstić information content (AvgIpc) is 2.83. The van der Waals surface area contributed by atoms with Gasteiger partial charge in [0.05, 0.1) is 10.7 Å². The summed E-state index contributed by atoms with van der Waals surface area (Å²) in [6.45, 7) is 7.48. The van der Waals surface area contributed by atoms with Gasteiger partial charge in [-0.25, -0.2) is 14.8 Å². The summed E-state index contributed by atoms with van der Waals surface area (Å²) in [6, 6.07) is 7.40. The Morgan fingerprint density at radius 3 is 2.44 bits per heavy atom. The molecule has 0 saturated carbocycles. The Kier molecular flexibility index (Phi) is 8.01. The highest BCUT2D eigenvalue weighted by molar-refractivity contribution is 6.33. The normalized spacial score (nSPS) is 17.3. The van der Waals surface area contributed by atoms with Crippen LogP contribution >= 0.6 is 11.6 Å². The van der Waals surface area contributed by atoms with E-state index in [1.165, 1.54) is 19.3 Å². The molecule has 3 heterocycles. The van der Waals surface area contributed by atoms with Crippen LogP contribution < -0.4 is 20.4 Å². The summed E-state index contributed by atoms with van der Waals surface area (Å²) in [5.41, 5.74) is 1.77. The summed E-state index contributed by atoms with van der Waals surface area (Å²) in [5, 5.41) is 6.52. The number of aromatic nitrogens is 2. The second kappa shape index (κ2) is 11.3. The van der Waals surface area contributed by atoms with E-state index in [0.717, 1.165) is 63.9 Å². The zero-order valence-corrected chi connectivity index (χ0v) is 19.2. The predicted octanol–water partition coefficient (Wildman–Crippen LogP) is 3.45. The number of benzene rings is 1. The number of hydrogen-bond acceptors (Lipinski definition) is 6. The number of halogens is 1. The molecule has 2 amide bonds. The van der Waals surface area contributed by atoms with Gasteiger partial charge >= 0.3 is 6.03 Å². The first-order valence-electron chi connectivity index (χ1n) is 11.5. The van der Waals surface area contributed by atoms with Crippen molar-refractivity contribution in [2.75, 3.05) is 67.5 Å². The molecular formula is C23H32ClN7O. The van der Waals surface area contributed by atoms with Gasteiger partial charge in [0.15, 0.2) is 0 Å². The Morgan fingerprint density at radius 1 is 0.969 bits per heavy atom. The van der Waals surface area contributed by atoms with E-state index >= 15 is 0 Å². The SMILES string of the molecule is O=C(NCCCN1CCN(c2ncccn2)CC1)Nc1ccc(N2CCCCC2)c(Cl)c1. The van der Waals surface area contributed by atoms with Crippen LogP contribution in [0.4, 0.5) is 22.1 Å². The third-order valence-corrected chi connectivity index (χ3v) is 6.35. The topological polar surface area (TPSA) is 76.6 Å². The van der Waals surface area contributed by atoms with Gasteiger partial charge in [-0.3, -0.25) is 4.90 Å². The third-order valence-electron chi connectivity index (χ3n) is 6.05. The maximum atomic E-state index is 12.3. The maximum absolute atomic E-state index is 12.3. The lowest BCUT2D eigenvalue weighted by Gasteiger charge is -2.34. The zero-order valence-electron chi connectivity index (χ0n) is 18.5. The summed E-state index contributed by atoms with van der Waals surface area (Å²) in [7, 11) is 0. The first kappa shape index (κ1) is 22.6. The number of carbonyl (C=O) groups excluding carboxylic acids is 1. The Bertz CT molecular complexity index is 868. The Hall–Kier alpha value is -2.58. The number of piperazine rings is 1. The van der Waals surface area contributed by atoms with Gasteiger partial charge in [-0.1, -0.05) is 11.6 Å². The van der Waals surface area contributed by atoms with Crippen LogP contribution in [0.3, 0.4) is 0 Å². The summed E-state index contributed by atoms with van der Waals surface area (Å²) in [6.07, 6.45) is 8.16. The van der Waals surface area contributed by atoms with Gasteiger partial charge in [-0.05, 0) is 56.5 Å². The molecule has 0 unspecified atom stereocenters. The number of nitrogens with one attached hydrogen (secondary N) is 2. The van der Waals surface area contributed by atoms with Gasteiger partial charge in [0.2, 0.25) is 5.95 Å². The largest absolute Gasteiger partial charge is 0.370 e. The molecule has 0 atom stereocenters. The molecule has 32 heavy (non-hydrogen) atoms. The van der Waals surface area contributed by atoms with Crippen molar-refractivity contribution in [3.05, 3.63) is 41.7 Å². The van der Waals surface area contributed by atoms with Crippen molar-refractivity contribution in [3.8, 4) is 0 Å². The molecule has 0 bridgehead atoms. The molecule has 2 fully saturated rings. The number of urea groups is 1. The molecule has 2 aliphatic rings. The van der Waals surface area contributed by atoms with Crippen LogP contribution in [0.15, 0.2) is 36.7 Å². The monoisotopic (exact) mass is 457 g/mol. The molecule has 8 nitrogen and oxygen atoms in total. The summed E-state index contributed by atoms with van der Waals surface area (Å²) in [4.78, 5) is 27.8. The van der Waals surface area contributed by atoms with Crippen LogP contribution in [0.1, 0.15) is 25.7 Å². The van der Waals surface area contributed by atoms with Crippen molar-refractivity contribution >= 4 is 35.0 Å². The van der Waals surface area contributed by atoms with Crippen molar-refractivity contribution in [1.82, 2.24) is 20.2 Å². The van der Waals surface area contributed by atoms with Crippen molar-refractivity contribution in [3.63, 3.8) is 0 Å². The van der Waals surface area contributed by atoms with Gasteiger partial charge < -0.3 is 20.4 Å². The molecule has 2 aliphatic heterocycles. The van der Waals surface area contributed by atoms with Crippen molar-refractivity contribution < 1.29 is 4.79 Å². The van der Waals surface area contributed by atoms with Crippen molar-refractivity contribution in [2.24, 2.45) is 0 Å². The second-order valence-electron chi connectivity index (χ2n) is 8.33. The smallest absolute Gasteiger partial charge is 0.319 e. The lowest BCUT2D eigenvalue weighted by Crippen LogP contribution is -2.47. The Labute approximate surface area is 195 Å². The maximum Gasteiger partial charge on any atom is 0.319 e. The summed E-state index contributed by atoms with van der Waals surface area (Å²) < 4.78 is 0. The average molecular weight is 458 g/mol. The van der Waals surface area contributed by atoms with Crippen LogP contribution in [0.25, 0.3) is 0 Å². The second-order valence-corrected chi connectivity index (χ2v) is 8.73. The fourth-order valence-electron chi connectivity index (χ4n) is 4.28. The van der Waals surface area contributed by atoms with Gasteiger partial charge in [-0.2, -0.15) is 0 Å². The number of piperidine rings is 1. The first-order chi connectivity index (χ1) is 15.7. The summed E-state index contributed by atoms with van der Waals surface area (Å²) in [5.74, 6) is 0.801. The molecule has 1 aromatic heterocycles. The van der Waals surface area contributed by atoms with Gasteiger partial charge in [0.1, 0.15) is 0 Å².